The molecule has 2 aromatic rings. The van der Waals surface area contributed by atoms with E-state index in [2.05, 4.69) is 60.5 Å². The van der Waals surface area contributed by atoms with Crippen molar-refractivity contribution in [1.82, 2.24) is 16.2 Å². The molecule has 0 bridgehead atoms. The summed E-state index contributed by atoms with van der Waals surface area (Å²) in [5.41, 5.74) is 7.67. The molecule has 0 radical (unpaired) electrons. The third kappa shape index (κ3) is 3.53. The number of hydrogen-bond acceptors (Lipinski definition) is 4. The van der Waals surface area contributed by atoms with Gasteiger partial charge in [-0.1, -0.05) is 57.2 Å². The molecule has 1 aromatic carbocycles. The molecule has 3 N–H and O–H groups in total. The molecule has 1 fully saturated rings. The second-order valence-electron chi connectivity index (χ2n) is 6.76. The van der Waals surface area contributed by atoms with Gasteiger partial charge < -0.3 is 5.32 Å². The molecule has 4 nitrogen and oxygen atoms in total. The Labute approximate surface area is 147 Å². The molecule has 5 heteroatoms. The molecule has 2 heterocycles. The van der Waals surface area contributed by atoms with Gasteiger partial charge in [0, 0.05) is 10.8 Å². The van der Waals surface area contributed by atoms with Crippen LogP contribution in [0.3, 0.4) is 0 Å². The summed E-state index contributed by atoms with van der Waals surface area (Å²) in [6, 6.07) is 14.3. The van der Waals surface area contributed by atoms with Gasteiger partial charge in [-0.3, -0.25) is 4.79 Å². The van der Waals surface area contributed by atoms with E-state index in [1.165, 1.54) is 10.4 Å². The van der Waals surface area contributed by atoms with Crippen molar-refractivity contribution in [2.75, 3.05) is 0 Å². The first-order valence-corrected chi connectivity index (χ1v) is 9.35. The Morgan fingerprint density at radius 3 is 2.50 bits per heavy atom. The fourth-order valence-electron chi connectivity index (χ4n) is 3.26. The lowest BCUT2D eigenvalue weighted by Gasteiger charge is -2.25. The molecule has 4 unspecified atom stereocenters. The van der Waals surface area contributed by atoms with Crippen molar-refractivity contribution < 1.29 is 4.79 Å². The standard InChI is InChI=1S/C19H25N3OS/c1-12(2)16(15-10-7-11-24-15)20-19(23)18-13(3)17(21-22-18)14-8-5-4-6-9-14/h4-13,16-18,21-22H,1-3H3,(H,20,23). The predicted molar refractivity (Wildman–Crippen MR) is 98.4 cm³/mol. The van der Waals surface area contributed by atoms with Crippen LogP contribution < -0.4 is 16.2 Å². The van der Waals surface area contributed by atoms with E-state index >= 15 is 0 Å². The summed E-state index contributed by atoms with van der Waals surface area (Å²) in [5.74, 6) is 0.575. The molecule has 1 amide bonds. The zero-order valence-corrected chi connectivity index (χ0v) is 15.1. The zero-order valence-electron chi connectivity index (χ0n) is 14.3. The van der Waals surface area contributed by atoms with E-state index in [0.29, 0.717) is 5.92 Å². The lowest BCUT2D eigenvalue weighted by Crippen LogP contribution is -2.47. The Morgan fingerprint density at radius 2 is 1.88 bits per heavy atom. The average Bonchev–Trinajstić information content (AvgIpc) is 3.22. The maximum atomic E-state index is 12.8. The molecule has 1 aromatic heterocycles. The van der Waals surface area contributed by atoms with E-state index in [1.807, 2.05) is 24.3 Å². The highest BCUT2D eigenvalue weighted by molar-refractivity contribution is 7.10. The Kier molecular flexibility index (Phi) is 5.33. The van der Waals surface area contributed by atoms with E-state index in [-0.39, 0.29) is 30.0 Å². The smallest absolute Gasteiger partial charge is 0.239 e. The number of rotatable bonds is 5. The summed E-state index contributed by atoms with van der Waals surface area (Å²) in [7, 11) is 0. The van der Waals surface area contributed by atoms with Crippen molar-refractivity contribution in [3.05, 3.63) is 58.3 Å². The van der Waals surface area contributed by atoms with Crippen LogP contribution in [0.25, 0.3) is 0 Å². The summed E-state index contributed by atoms with van der Waals surface area (Å²) < 4.78 is 0. The highest BCUT2D eigenvalue weighted by Crippen LogP contribution is 2.30. The van der Waals surface area contributed by atoms with Crippen LogP contribution in [0.4, 0.5) is 0 Å². The van der Waals surface area contributed by atoms with Crippen LogP contribution in [0.15, 0.2) is 47.8 Å². The minimum Gasteiger partial charge on any atom is -0.347 e. The van der Waals surface area contributed by atoms with Crippen molar-refractivity contribution in [3.63, 3.8) is 0 Å². The van der Waals surface area contributed by atoms with Gasteiger partial charge in [-0.05, 0) is 22.9 Å². The maximum Gasteiger partial charge on any atom is 0.239 e. The average molecular weight is 343 g/mol. The first kappa shape index (κ1) is 17.1. The van der Waals surface area contributed by atoms with E-state index in [9.17, 15) is 4.79 Å². The summed E-state index contributed by atoms with van der Waals surface area (Å²) in [5, 5.41) is 5.29. The van der Waals surface area contributed by atoms with Crippen LogP contribution in [-0.4, -0.2) is 11.9 Å². The minimum absolute atomic E-state index is 0.0560. The number of nitrogens with one attached hydrogen (secondary N) is 3. The summed E-state index contributed by atoms with van der Waals surface area (Å²) in [6.07, 6.45) is 0. The van der Waals surface area contributed by atoms with Gasteiger partial charge in [0.2, 0.25) is 5.91 Å². The Hall–Kier alpha value is -1.69. The molecule has 1 saturated heterocycles. The molecular weight excluding hydrogens is 318 g/mol. The van der Waals surface area contributed by atoms with Gasteiger partial charge in [0.15, 0.2) is 0 Å². The Balaban J connectivity index is 1.69. The number of amides is 1. The van der Waals surface area contributed by atoms with Gasteiger partial charge >= 0.3 is 0 Å². The second-order valence-corrected chi connectivity index (χ2v) is 7.74. The largest absolute Gasteiger partial charge is 0.347 e. The van der Waals surface area contributed by atoms with Crippen LogP contribution in [0.2, 0.25) is 0 Å². The lowest BCUT2D eigenvalue weighted by atomic mass is 9.90. The molecule has 4 atom stereocenters. The first-order valence-electron chi connectivity index (χ1n) is 8.47. The van der Waals surface area contributed by atoms with E-state index < -0.39 is 0 Å². The molecule has 24 heavy (non-hydrogen) atoms. The Morgan fingerprint density at radius 1 is 1.12 bits per heavy atom. The number of thiophene rings is 1. The third-order valence-corrected chi connectivity index (χ3v) is 5.66. The van der Waals surface area contributed by atoms with Gasteiger partial charge in [0.05, 0.1) is 12.1 Å². The lowest BCUT2D eigenvalue weighted by molar-refractivity contribution is -0.124. The number of carbonyl (C=O) groups excluding carboxylic acids is 1. The quantitative estimate of drug-likeness (QED) is 0.780. The zero-order chi connectivity index (χ0) is 17.1. The van der Waals surface area contributed by atoms with Crippen molar-refractivity contribution in [2.45, 2.75) is 38.9 Å². The summed E-state index contributed by atoms with van der Waals surface area (Å²) >= 11 is 1.69. The van der Waals surface area contributed by atoms with E-state index in [0.717, 1.165) is 0 Å². The molecule has 0 saturated carbocycles. The van der Waals surface area contributed by atoms with Gasteiger partial charge in [-0.15, -0.1) is 11.3 Å². The van der Waals surface area contributed by atoms with Crippen molar-refractivity contribution in [2.24, 2.45) is 11.8 Å². The topological polar surface area (TPSA) is 53.2 Å². The summed E-state index contributed by atoms with van der Waals surface area (Å²) in [6.45, 7) is 6.40. The monoisotopic (exact) mass is 343 g/mol. The predicted octanol–water partition coefficient (Wildman–Crippen LogP) is 3.42. The Bertz CT molecular complexity index is 657. The van der Waals surface area contributed by atoms with Crippen LogP contribution >= 0.6 is 11.3 Å². The van der Waals surface area contributed by atoms with Crippen LogP contribution in [0, 0.1) is 11.8 Å². The number of benzene rings is 1. The normalized spacial score (nSPS) is 24.9. The molecule has 0 aliphatic carbocycles. The summed E-state index contributed by atoms with van der Waals surface area (Å²) in [4.78, 5) is 14.0. The molecule has 1 aliphatic heterocycles. The minimum atomic E-state index is -0.239. The second kappa shape index (κ2) is 7.47. The van der Waals surface area contributed by atoms with Crippen molar-refractivity contribution >= 4 is 17.2 Å². The first-order chi connectivity index (χ1) is 11.6. The fraction of sp³-hybridized carbons (Fsp3) is 0.421. The SMILES string of the molecule is CC(C)C(NC(=O)C1NNC(c2ccccc2)C1C)c1cccs1. The van der Waals surface area contributed by atoms with Gasteiger partial charge in [0.1, 0.15) is 6.04 Å². The van der Waals surface area contributed by atoms with E-state index in [1.54, 1.807) is 11.3 Å². The molecule has 0 spiro atoms. The van der Waals surface area contributed by atoms with Crippen LogP contribution in [0.1, 0.15) is 43.3 Å². The number of hydrazine groups is 1. The fourth-order valence-corrected chi connectivity index (χ4v) is 4.21. The molecule has 3 rings (SSSR count). The van der Waals surface area contributed by atoms with Crippen molar-refractivity contribution in [1.29, 1.82) is 0 Å². The highest BCUT2D eigenvalue weighted by Gasteiger charge is 2.38. The molecular formula is C19H25N3OS. The van der Waals surface area contributed by atoms with E-state index in [4.69, 9.17) is 0 Å². The van der Waals surface area contributed by atoms with Gasteiger partial charge in [-0.25, -0.2) is 10.9 Å². The van der Waals surface area contributed by atoms with Crippen molar-refractivity contribution in [3.8, 4) is 0 Å². The number of hydrogen-bond donors (Lipinski definition) is 3. The highest BCUT2D eigenvalue weighted by atomic mass is 32.1. The number of carbonyl (C=O) groups is 1. The van der Waals surface area contributed by atoms with Gasteiger partial charge in [-0.2, -0.15) is 0 Å². The molecule has 1 aliphatic rings. The van der Waals surface area contributed by atoms with Gasteiger partial charge in [0.25, 0.3) is 0 Å². The maximum absolute atomic E-state index is 12.8. The third-order valence-electron chi connectivity index (χ3n) is 4.70. The van der Waals surface area contributed by atoms with Crippen LogP contribution in [-0.2, 0) is 4.79 Å². The van der Waals surface area contributed by atoms with Crippen LogP contribution in [0.5, 0.6) is 0 Å². The molecule has 128 valence electrons.